The molecule has 0 unspecified atom stereocenters. The molecule has 214 valence electrons. The van der Waals surface area contributed by atoms with Gasteiger partial charge in [-0.25, -0.2) is 8.42 Å². The number of para-hydroxylation sites is 1. The SMILES string of the molecule is C[C@@H](NC(=O)[C@@H]1C[C@@H](S(C)(=O)=O)CN1C(=O)CNC(=O)c1ccc2c(c1)oc1ccccc12)c1cc(C(=N)N)cs1. The van der Waals surface area contributed by atoms with Gasteiger partial charge in [0.15, 0.2) is 9.84 Å². The van der Waals surface area contributed by atoms with Crippen LogP contribution in [0, 0.1) is 5.41 Å². The molecule has 3 atom stereocenters. The predicted octanol–water partition coefficient (Wildman–Crippen LogP) is 2.55. The van der Waals surface area contributed by atoms with Crippen LogP contribution >= 0.6 is 11.3 Å². The van der Waals surface area contributed by atoms with Crippen molar-refractivity contribution in [3.63, 3.8) is 0 Å². The van der Waals surface area contributed by atoms with Crippen molar-refractivity contribution < 1.29 is 27.2 Å². The number of amidine groups is 1. The maximum Gasteiger partial charge on any atom is 0.251 e. The number of furan rings is 1. The molecule has 0 saturated carbocycles. The Labute approximate surface area is 240 Å². The minimum absolute atomic E-state index is 0.0526. The van der Waals surface area contributed by atoms with Crippen molar-refractivity contribution >= 4 is 66.7 Å². The summed E-state index contributed by atoms with van der Waals surface area (Å²) in [6.45, 7) is 1.18. The van der Waals surface area contributed by atoms with Crippen LogP contribution in [0.25, 0.3) is 21.9 Å². The van der Waals surface area contributed by atoms with E-state index in [9.17, 15) is 22.8 Å². The summed E-state index contributed by atoms with van der Waals surface area (Å²) in [5.41, 5.74) is 7.59. The van der Waals surface area contributed by atoms with Crippen LogP contribution in [-0.4, -0.2) is 67.5 Å². The van der Waals surface area contributed by atoms with Gasteiger partial charge in [0.05, 0.1) is 17.8 Å². The fourth-order valence-electron chi connectivity index (χ4n) is 4.96. The molecule has 41 heavy (non-hydrogen) atoms. The van der Waals surface area contributed by atoms with Crippen molar-refractivity contribution in [1.29, 1.82) is 5.41 Å². The van der Waals surface area contributed by atoms with E-state index in [1.165, 1.54) is 16.2 Å². The Bertz CT molecular complexity index is 1790. The highest BCUT2D eigenvalue weighted by atomic mass is 32.2. The van der Waals surface area contributed by atoms with Crippen molar-refractivity contribution in [2.75, 3.05) is 19.3 Å². The number of thiophene rings is 1. The zero-order valence-corrected chi connectivity index (χ0v) is 24.0. The third-order valence-electron chi connectivity index (χ3n) is 7.25. The van der Waals surface area contributed by atoms with Crippen LogP contribution in [0.1, 0.15) is 40.2 Å². The number of nitrogen functional groups attached to an aromatic ring is 1. The predicted molar refractivity (Wildman–Crippen MR) is 157 cm³/mol. The first-order valence-electron chi connectivity index (χ1n) is 12.8. The molecule has 1 aliphatic rings. The zero-order valence-electron chi connectivity index (χ0n) is 22.3. The molecule has 0 spiro atoms. The lowest BCUT2D eigenvalue weighted by Crippen LogP contribution is -2.49. The number of hydrogen-bond donors (Lipinski definition) is 4. The molecule has 2 aromatic heterocycles. The molecule has 3 amide bonds. The van der Waals surface area contributed by atoms with Gasteiger partial charge in [0, 0.05) is 45.0 Å². The van der Waals surface area contributed by atoms with Crippen molar-refractivity contribution in [3.05, 3.63) is 69.9 Å². The second-order valence-corrected chi connectivity index (χ2v) is 13.4. The van der Waals surface area contributed by atoms with Gasteiger partial charge in [-0.2, -0.15) is 0 Å². The number of rotatable bonds is 8. The van der Waals surface area contributed by atoms with Gasteiger partial charge in [0.1, 0.15) is 23.0 Å². The number of nitrogens with two attached hydrogens (primary N) is 1. The first-order chi connectivity index (χ1) is 19.4. The van der Waals surface area contributed by atoms with Gasteiger partial charge in [-0.1, -0.05) is 18.2 Å². The van der Waals surface area contributed by atoms with Crippen molar-refractivity contribution in [2.24, 2.45) is 5.73 Å². The number of carbonyl (C=O) groups is 3. The summed E-state index contributed by atoms with van der Waals surface area (Å²) in [6, 6.07) is 12.8. The van der Waals surface area contributed by atoms with Crippen LogP contribution in [-0.2, 0) is 19.4 Å². The molecule has 1 fully saturated rings. The summed E-state index contributed by atoms with van der Waals surface area (Å²) >= 11 is 1.33. The number of carbonyl (C=O) groups excluding carboxylic acids is 3. The van der Waals surface area contributed by atoms with E-state index in [0.717, 1.165) is 21.9 Å². The van der Waals surface area contributed by atoms with Gasteiger partial charge in [-0.05, 0) is 43.7 Å². The summed E-state index contributed by atoms with van der Waals surface area (Å²) in [4.78, 5) is 41.3. The van der Waals surface area contributed by atoms with E-state index in [4.69, 9.17) is 15.6 Å². The minimum Gasteiger partial charge on any atom is -0.456 e. The second kappa shape index (κ2) is 11.0. The zero-order chi connectivity index (χ0) is 29.5. The smallest absolute Gasteiger partial charge is 0.251 e. The number of likely N-dealkylation sites (tertiary alicyclic amines) is 1. The average molecular weight is 596 g/mol. The molecular weight excluding hydrogens is 566 g/mol. The number of fused-ring (bicyclic) bond motifs is 3. The third kappa shape index (κ3) is 5.81. The summed E-state index contributed by atoms with van der Waals surface area (Å²) in [7, 11) is -3.54. The number of hydrogen-bond acceptors (Lipinski definition) is 8. The molecule has 1 aliphatic heterocycles. The minimum atomic E-state index is -3.54. The summed E-state index contributed by atoms with van der Waals surface area (Å²) in [5.74, 6) is -1.67. The molecule has 2 aromatic carbocycles. The van der Waals surface area contributed by atoms with Crippen LogP contribution in [0.15, 0.2) is 58.3 Å². The summed E-state index contributed by atoms with van der Waals surface area (Å²) in [6.07, 6.45) is 1.02. The first kappa shape index (κ1) is 28.3. The Balaban J connectivity index is 1.27. The van der Waals surface area contributed by atoms with E-state index in [1.807, 2.05) is 24.3 Å². The van der Waals surface area contributed by atoms with Crippen molar-refractivity contribution in [3.8, 4) is 0 Å². The number of sulfone groups is 1. The largest absolute Gasteiger partial charge is 0.456 e. The van der Waals surface area contributed by atoms with Crippen LogP contribution < -0.4 is 16.4 Å². The highest BCUT2D eigenvalue weighted by Crippen LogP contribution is 2.29. The topological polar surface area (TPSA) is 176 Å². The van der Waals surface area contributed by atoms with Crippen LogP contribution in [0.3, 0.4) is 0 Å². The van der Waals surface area contributed by atoms with E-state index in [1.54, 1.807) is 36.6 Å². The lowest BCUT2D eigenvalue weighted by atomic mass is 10.1. The number of nitrogens with one attached hydrogen (secondary N) is 3. The Kier molecular flexibility index (Phi) is 7.58. The fourth-order valence-corrected chi connectivity index (χ4v) is 6.84. The standard InChI is InChI=1S/C28H29N5O6S2/c1-15(24-10-17(14-40-24)26(29)30)32-28(36)21-11-18(41(2,37)38)13-33(21)25(34)12-31-27(35)16-7-8-20-19-5-3-4-6-22(19)39-23(20)9-16/h3-10,14-15,18,21H,11-13H2,1-2H3,(H3,29,30)(H,31,35)(H,32,36)/t15-,18-,21+/m1/s1. The molecule has 3 heterocycles. The Hall–Kier alpha value is -4.23. The Morgan fingerprint density at radius 1 is 1.12 bits per heavy atom. The van der Waals surface area contributed by atoms with Crippen molar-refractivity contribution in [2.45, 2.75) is 30.7 Å². The van der Waals surface area contributed by atoms with Gasteiger partial charge in [0.25, 0.3) is 5.91 Å². The normalized spacial score (nSPS) is 18.0. The van der Waals surface area contributed by atoms with Crippen LogP contribution in [0.4, 0.5) is 0 Å². The van der Waals surface area contributed by atoms with Crippen LogP contribution in [0.2, 0.25) is 0 Å². The average Bonchev–Trinajstić information content (AvgIpc) is 3.67. The van der Waals surface area contributed by atoms with Gasteiger partial charge in [-0.3, -0.25) is 19.8 Å². The molecule has 0 aliphatic carbocycles. The van der Waals surface area contributed by atoms with E-state index in [0.29, 0.717) is 22.3 Å². The van der Waals surface area contributed by atoms with Gasteiger partial charge >= 0.3 is 0 Å². The molecule has 4 aromatic rings. The maximum absolute atomic E-state index is 13.3. The lowest BCUT2D eigenvalue weighted by Gasteiger charge is -2.25. The molecule has 13 heteroatoms. The van der Waals surface area contributed by atoms with Crippen molar-refractivity contribution in [1.82, 2.24) is 15.5 Å². The molecule has 5 rings (SSSR count). The first-order valence-corrected chi connectivity index (χ1v) is 15.7. The van der Waals surface area contributed by atoms with Gasteiger partial charge < -0.3 is 25.7 Å². The van der Waals surface area contributed by atoms with E-state index >= 15 is 0 Å². The second-order valence-electron chi connectivity index (χ2n) is 10.1. The Morgan fingerprint density at radius 2 is 1.85 bits per heavy atom. The number of nitrogens with zero attached hydrogens (tertiary/aromatic N) is 1. The quantitative estimate of drug-likeness (QED) is 0.179. The Morgan fingerprint density at radius 3 is 2.56 bits per heavy atom. The monoisotopic (exact) mass is 595 g/mol. The number of amides is 3. The highest BCUT2D eigenvalue weighted by Gasteiger charge is 2.43. The van der Waals surface area contributed by atoms with E-state index < -0.39 is 51.4 Å². The summed E-state index contributed by atoms with van der Waals surface area (Å²) < 4.78 is 30.5. The lowest BCUT2D eigenvalue weighted by molar-refractivity contribution is -0.137. The van der Waals surface area contributed by atoms with Gasteiger partial charge in [0.2, 0.25) is 11.8 Å². The molecule has 0 bridgehead atoms. The number of benzene rings is 2. The molecule has 1 saturated heterocycles. The van der Waals surface area contributed by atoms with E-state index in [-0.39, 0.29) is 18.8 Å². The van der Waals surface area contributed by atoms with Gasteiger partial charge in [-0.15, -0.1) is 11.3 Å². The van der Waals surface area contributed by atoms with E-state index in [2.05, 4.69) is 10.6 Å². The summed E-state index contributed by atoms with van der Waals surface area (Å²) in [5, 5.41) is 15.6. The van der Waals surface area contributed by atoms with Crippen LogP contribution in [0.5, 0.6) is 0 Å². The molecule has 0 radical (unpaired) electrons. The molecular formula is C28H29N5O6S2. The molecule has 5 N–H and O–H groups in total. The highest BCUT2D eigenvalue weighted by molar-refractivity contribution is 7.91. The fraction of sp³-hybridized carbons (Fsp3) is 0.286. The molecule has 11 nitrogen and oxygen atoms in total. The maximum atomic E-state index is 13.3. The third-order valence-corrected chi connectivity index (χ3v) is 9.92.